The van der Waals surface area contributed by atoms with Crippen LogP contribution in [0.2, 0.25) is 0 Å². The van der Waals surface area contributed by atoms with E-state index >= 15 is 0 Å². The van der Waals surface area contributed by atoms with E-state index in [0.717, 1.165) is 16.1 Å². The highest BCUT2D eigenvalue weighted by Crippen LogP contribution is 2.25. The number of methoxy groups -OCH3 is 1. The molecule has 0 fully saturated rings. The summed E-state index contributed by atoms with van der Waals surface area (Å²) >= 11 is 0. The van der Waals surface area contributed by atoms with Crippen molar-refractivity contribution in [3.8, 4) is 5.75 Å². The maximum Gasteiger partial charge on any atom is 0.247 e. The van der Waals surface area contributed by atoms with Crippen molar-refractivity contribution in [1.29, 1.82) is 0 Å². The van der Waals surface area contributed by atoms with Crippen LogP contribution in [0.15, 0.2) is 67.3 Å². The standard InChI is InChI=1S/C23H29N3O5S/c1-5-15-24-23(28)22(19-9-7-6-8-10-19)26(21(27)17-25(2)32(4,29)30)16-18-11-13-20(31-3)14-12-18/h5-14,22H,1,15-17H2,2-4H3,(H,24,28)/t22-/m1/s1. The van der Waals surface area contributed by atoms with Crippen LogP contribution in [0.1, 0.15) is 17.2 Å². The lowest BCUT2D eigenvalue weighted by atomic mass is 10.0. The van der Waals surface area contributed by atoms with Gasteiger partial charge in [0.05, 0.1) is 19.9 Å². The molecule has 0 saturated carbocycles. The molecule has 0 spiro atoms. The molecular weight excluding hydrogens is 430 g/mol. The van der Waals surface area contributed by atoms with E-state index in [1.807, 2.05) is 6.07 Å². The van der Waals surface area contributed by atoms with E-state index in [2.05, 4.69) is 11.9 Å². The summed E-state index contributed by atoms with van der Waals surface area (Å²) in [6.45, 7) is 3.55. The summed E-state index contributed by atoms with van der Waals surface area (Å²) in [5, 5.41) is 2.75. The maximum absolute atomic E-state index is 13.3. The molecule has 8 nitrogen and oxygen atoms in total. The molecule has 0 bridgehead atoms. The number of ether oxygens (including phenoxy) is 1. The lowest BCUT2D eigenvalue weighted by Gasteiger charge is -2.32. The molecule has 0 aliphatic rings. The molecule has 2 amide bonds. The van der Waals surface area contributed by atoms with Crippen molar-refractivity contribution < 1.29 is 22.7 Å². The zero-order valence-electron chi connectivity index (χ0n) is 18.5. The van der Waals surface area contributed by atoms with Crippen LogP contribution in [-0.2, 0) is 26.2 Å². The van der Waals surface area contributed by atoms with E-state index in [0.29, 0.717) is 11.3 Å². The SMILES string of the molecule is C=CCNC(=O)[C@@H](c1ccccc1)N(Cc1ccc(OC)cc1)C(=O)CN(C)S(C)(=O)=O. The fraction of sp³-hybridized carbons (Fsp3) is 0.304. The number of amides is 2. The number of sulfonamides is 1. The molecule has 0 aliphatic heterocycles. The summed E-state index contributed by atoms with van der Waals surface area (Å²) in [6.07, 6.45) is 2.58. The Balaban J connectivity index is 2.48. The quantitative estimate of drug-likeness (QED) is 0.518. The number of likely N-dealkylation sites (N-methyl/N-ethyl adjacent to an activating group) is 1. The van der Waals surface area contributed by atoms with Gasteiger partial charge in [-0.05, 0) is 23.3 Å². The lowest BCUT2D eigenvalue weighted by Crippen LogP contribution is -2.47. The highest BCUT2D eigenvalue weighted by Gasteiger charge is 2.32. The molecule has 2 aromatic carbocycles. The number of hydrogen-bond donors (Lipinski definition) is 1. The van der Waals surface area contributed by atoms with Gasteiger partial charge in [-0.1, -0.05) is 48.5 Å². The highest BCUT2D eigenvalue weighted by molar-refractivity contribution is 7.88. The molecule has 0 heterocycles. The van der Waals surface area contributed by atoms with Crippen molar-refractivity contribution >= 4 is 21.8 Å². The van der Waals surface area contributed by atoms with Crippen molar-refractivity contribution in [2.45, 2.75) is 12.6 Å². The first-order valence-corrected chi connectivity index (χ1v) is 11.8. The molecule has 0 aliphatic carbocycles. The predicted molar refractivity (Wildman–Crippen MR) is 123 cm³/mol. The Hall–Kier alpha value is -3.17. The van der Waals surface area contributed by atoms with E-state index in [-0.39, 0.29) is 19.0 Å². The number of carbonyl (C=O) groups excluding carboxylic acids is 2. The van der Waals surface area contributed by atoms with Gasteiger partial charge in [0.15, 0.2) is 0 Å². The molecule has 2 rings (SSSR count). The van der Waals surface area contributed by atoms with Crippen LogP contribution in [-0.4, -0.2) is 62.9 Å². The number of carbonyl (C=O) groups is 2. The van der Waals surface area contributed by atoms with Gasteiger partial charge in [-0.2, -0.15) is 4.31 Å². The van der Waals surface area contributed by atoms with Crippen molar-refractivity contribution in [2.24, 2.45) is 0 Å². The Morgan fingerprint density at radius 1 is 1.12 bits per heavy atom. The van der Waals surface area contributed by atoms with E-state index in [4.69, 9.17) is 4.74 Å². The molecule has 32 heavy (non-hydrogen) atoms. The van der Waals surface area contributed by atoms with Gasteiger partial charge in [0.1, 0.15) is 11.8 Å². The fourth-order valence-corrected chi connectivity index (χ4v) is 3.37. The van der Waals surface area contributed by atoms with Crippen molar-refractivity contribution in [3.05, 3.63) is 78.4 Å². The van der Waals surface area contributed by atoms with Gasteiger partial charge < -0.3 is 15.0 Å². The van der Waals surface area contributed by atoms with Crippen LogP contribution >= 0.6 is 0 Å². The Morgan fingerprint density at radius 3 is 2.28 bits per heavy atom. The molecule has 0 aromatic heterocycles. The van der Waals surface area contributed by atoms with Gasteiger partial charge in [0.25, 0.3) is 0 Å². The monoisotopic (exact) mass is 459 g/mol. The van der Waals surface area contributed by atoms with Crippen LogP contribution < -0.4 is 10.1 Å². The average Bonchev–Trinajstić information content (AvgIpc) is 2.77. The summed E-state index contributed by atoms with van der Waals surface area (Å²) in [5.74, 6) is -0.233. The normalized spacial score (nSPS) is 12.1. The zero-order valence-corrected chi connectivity index (χ0v) is 19.3. The zero-order chi connectivity index (χ0) is 23.7. The summed E-state index contributed by atoms with van der Waals surface area (Å²) in [6, 6.07) is 15.0. The van der Waals surface area contributed by atoms with Crippen LogP contribution in [0.3, 0.4) is 0 Å². The van der Waals surface area contributed by atoms with Crippen LogP contribution in [0.25, 0.3) is 0 Å². The topological polar surface area (TPSA) is 96.0 Å². The van der Waals surface area contributed by atoms with Crippen LogP contribution in [0.4, 0.5) is 0 Å². The second kappa shape index (κ2) is 11.4. The number of rotatable bonds is 11. The highest BCUT2D eigenvalue weighted by atomic mass is 32.2. The Kier molecular flexibility index (Phi) is 8.98. The minimum atomic E-state index is -3.58. The van der Waals surface area contributed by atoms with Gasteiger partial charge in [-0.25, -0.2) is 8.42 Å². The lowest BCUT2D eigenvalue weighted by molar-refractivity contribution is -0.141. The third-order valence-corrected chi connectivity index (χ3v) is 6.11. The summed E-state index contributed by atoms with van der Waals surface area (Å²) in [7, 11) is -0.698. The summed E-state index contributed by atoms with van der Waals surface area (Å²) in [4.78, 5) is 27.8. The van der Waals surface area contributed by atoms with E-state index in [1.54, 1.807) is 61.7 Å². The smallest absolute Gasteiger partial charge is 0.247 e. The fourth-order valence-electron chi connectivity index (χ4n) is 3.03. The predicted octanol–water partition coefficient (Wildman–Crippen LogP) is 1.96. The first kappa shape index (κ1) is 25.1. The van der Waals surface area contributed by atoms with Gasteiger partial charge in [-0.3, -0.25) is 9.59 Å². The minimum absolute atomic E-state index is 0.0987. The molecule has 172 valence electrons. The summed E-state index contributed by atoms with van der Waals surface area (Å²) < 4.78 is 29.9. The van der Waals surface area contributed by atoms with E-state index in [9.17, 15) is 18.0 Å². The van der Waals surface area contributed by atoms with Crippen molar-refractivity contribution in [1.82, 2.24) is 14.5 Å². The Labute approximate surface area is 189 Å². The number of nitrogens with one attached hydrogen (secondary N) is 1. The third kappa shape index (κ3) is 6.93. The minimum Gasteiger partial charge on any atom is -0.497 e. The maximum atomic E-state index is 13.3. The summed E-state index contributed by atoms with van der Waals surface area (Å²) in [5.41, 5.74) is 1.37. The van der Waals surface area contributed by atoms with E-state index < -0.39 is 28.5 Å². The number of hydrogen-bond acceptors (Lipinski definition) is 5. The third-order valence-electron chi connectivity index (χ3n) is 4.85. The first-order chi connectivity index (χ1) is 15.2. The van der Waals surface area contributed by atoms with Gasteiger partial charge in [0, 0.05) is 20.1 Å². The van der Waals surface area contributed by atoms with Crippen molar-refractivity contribution in [2.75, 3.05) is 33.5 Å². The second-order valence-electron chi connectivity index (χ2n) is 7.24. The Bertz CT molecular complexity index is 1020. The molecular formula is C23H29N3O5S. The average molecular weight is 460 g/mol. The van der Waals surface area contributed by atoms with E-state index in [1.165, 1.54) is 11.9 Å². The second-order valence-corrected chi connectivity index (χ2v) is 9.33. The molecule has 0 radical (unpaired) electrons. The largest absolute Gasteiger partial charge is 0.497 e. The molecule has 9 heteroatoms. The van der Waals surface area contributed by atoms with Crippen LogP contribution in [0, 0.1) is 0 Å². The van der Waals surface area contributed by atoms with Gasteiger partial charge in [-0.15, -0.1) is 6.58 Å². The van der Waals surface area contributed by atoms with Crippen molar-refractivity contribution in [3.63, 3.8) is 0 Å². The molecule has 2 aromatic rings. The Morgan fingerprint density at radius 2 is 1.75 bits per heavy atom. The molecule has 1 N–H and O–H groups in total. The molecule has 0 saturated heterocycles. The van der Waals surface area contributed by atoms with Crippen LogP contribution in [0.5, 0.6) is 5.75 Å². The van der Waals surface area contributed by atoms with Gasteiger partial charge in [0.2, 0.25) is 21.8 Å². The van der Waals surface area contributed by atoms with Gasteiger partial charge >= 0.3 is 0 Å². The molecule has 0 unspecified atom stereocenters. The number of benzene rings is 2. The first-order valence-electron chi connectivity index (χ1n) is 9.94. The number of nitrogens with zero attached hydrogens (tertiary/aromatic N) is 2. The molecule has 1 atom stereocenters.